The van der Waals surface area contributed by atoms with E-state index in [1.54, 1.807) is 12.1 Å². The molecule has 0 radical (unpaired) electrons. The summed E-state index contributed by atoms with van der Waals surface area (Å²) in [6.07, 6.45) is -0.0905. The zero-order chi connectivity index (χ0) is 17.5. The van der Waals surface area contributed by atoms with E-state index in [-0.39, 0.29) is 18.0 Å². The van der Waals surface area contributed by atoms with Crippen molar-refractivity contribution < 1.29 is 14.3 Å². The molecule has 0 atom stereocenters. The summed E-state index contributed by atoms with van der Waals surface area (Å²) in [5.41, 5.74) is 0.624. The molecule has 1 amide bonds. The molecule has 132 valence electrons. The van der Waals surface area contributed by atoms with E-state index in [4.69, 9.17) is 16.3 Å². The summed E-state index contributed by atoms with van der Waals surface area (Å²) in [6.45, 7) is 7.27. The van der Waals surface area contributed by atoms with E-state index in [2.05, 4.69) is 10.2 Å². The van der Waals surface area contributed by atoms with Gasteiger partial charge in [0.05, 0.1) is 29.9 Å². The molecule has 0 aromatic heterocycles. The van der Waals surface area contributed by atoms with Crippen LogP contribution in [0.3, 0.4) is 0 Å². The van der Waals surface area contributed by atoms with Gasteiger partial charge in [-0.3, -0.25) is 19.4 Å². The molecule has 6 nitrogen and oxygen atoms in total. The highest BCUT2D eigenvalue weighted by molar-refractivity contribution is 6.33. The Balaban J connectivity index is 1.72. The second kappa shape index (κ2) is 9.01. The van der Waals surface area contributed by atoms with Gasteiger partial charge < -0.3 is 10.1 Å². The Morgan fingerprint density at radius 1 is 1.12 bits per heavy atom. The molecule has 1 N–H and O–H groups in total. The Labute approximate surface area is 147 Å². The minimum atomic E-state index is -0.199. The van der Waals surface area contributed by atoms with Crippen LogP contribution in [0.5, 0.6) is 0 Å². The molecule has 1 aromatic rings. The Morgan fingerprint density at radius 3 is 2.29 bits per heavy atom. The third-order valence-electron chi connectivity index (χ3n) is 3.70. The number of nitrogens with one attached hydrogen (secondary N) is 1. The van der Waals surface area contributed by atoms with Gasteiger partial charge in [0.2, 0.25) is 5.91 Å². The van der Waals surface area contributed by atoms with E-state index in [0.29, 0.717) is 23.8 Å². The van der Waals surface area contributed by atoms with Crippen molar-refractivity contribution in [1.82, 2.24) is 9.80 Å². The average molecular weight is 354 g/mol. The summed E-state index contributed by atoms with van der Waals surface area (Å²) in [5.74, 6) is -0.286. The summed E-state index contributed by atoms with van der Waals surface area (Å²) >= 11 is 6.04. The highest BCUT2D eigenvalue weighted by Crippen LogP contribution is 2.20. The van der Waals surface area contributed by atoms with E-state index < -0.39 is 0 Å². The standard InChI is InChI=1S/C17H24ClN3O3/c1-13(2)24-17(23)12-21-9-7-20(8-10-21)11-16(22)19-15-6-4-3-5-14(15)18/h3-6,13H,7-12H2,1-2H3,(H,19,22). The Morgan fingerprint density at radius 2 is 1.71 bits per heavy atom. The van der Waals surface area contributed by atoms with Crippen LogP contribution in [0.15, 0.2) is 24.3 Å². The number of carbonyl (C=O) groups excluding carboxylic acids is 2. The molecule has 0 unspecified atom stereocenters. The summed E-state index contributed by atoms with van der Waals surface area (Å²) in [5, 5.41) is 3.35. The molecule has 1 saturated heterocycles. The van der Waals surface area contributed by atoms with Crippen LogP contribution in [0.1, 0.15) is 13.8 Å². The van der Waals surface area contributed by atoms with Crippen molar-refractivity contribution in [2.75, 3.05) is 44.6 Å². The van der Waals surface area contributed by atoms with Crippen LogP contribution in [0, 0.1) is 0 Å². The van der Waals surface area contributed by atoms with E-state index in [0.717, 1.165) is 26.2 Å². The van der Waals surface area contributed by atoms with Crippen molar-refractivity contribution in [3.05, 3.63) is 29.3 Å². The van der Waals surface area contributed by atoms with Crippen molar-refractivity contribution in [2.24, 2.45) is 0 Å². The van der Waals surface area contributed by atoms with Crippen LogP contribution >= 0.6 is 11.6 Å². The molecule has 7 heteroatoms. The van der Waals surface area contributed by atoms with Gasteiger partial charge in [0, 0.05) is 26.2 Å². The third kappa shape index (κ3) is 6.11. The highest BCUT2D eigenvalue weighted by Gasteiger charge is 2.21. The fourth-order valence-corrected chi connectivity index (χ4v) is 2.73. The first-order valence-electron chi connectivity index (χ1n) is 8.12. The van der Waals surface area contributed by atoms with E-state index in [1.165, 1.54) is 0 Å². The molecule has 0 bridgehead atoms. The van der Waals surface area contributed by atoms with Crippen LogP contribution in [0.2, 0.25) is 5.02 Å². The number of benzene rings is 1. The molecular weight excluding hydrogens is 330 g/mol. The number of carbonyl (C=O) groups is 2. The molecule has 1 fully saturated rings. The van der Waals surface area contributed by atoms with E-state index in [9.17, 15) is 9.59 Å². The maximum absolute atomic E-state index is 12.1. The van der Waals surface area contributed by atoms with Crippen LogP contribution < -0.4 is 5.32 Å². The predicted octanol–water partition coefficient (Wildman–Crippen LogP) is 1.85. The second-order valence-electron chi connectivity index (χ2n) is 6.12. The summed E-state index contributed by atoms with van der Waals surface area (Å²) in [7, 11) is 0. The van der Waals surface area contributed by atoms with Crippen molar-refractivity contribution in [3.63, 3.8) is 0 Å². The number of halogens is 1. The van der Waals surface area contributed by atoms with Gasteiger partial charge in [0.1, 0.15) is 0 Å². The van der Waals surface area contributed by atoms with Gasteiger partial charge in [-0.05, 0) is 26.0 Å². The first-order chi connectivity index (χ1) is 11.4. The van der Waals surface area contributed by atoms with Gasteiger partial charge in [0.15, 0.2) is 0 Å². The number of hydrogen-bond donors (Lipinski definition) is 1. The van der Waals surface area contributed by atoms with Crippen molar-refractivity contribution in [3.8, 4) is 0 Å². The van der Waals surface area contributed by atoms with Crippen LogP contribution in [0.4, 0.5) is 5.69 Å². The predicted molar refractivity (Wildman–Crippen MR) is 94.2 cm³/mol. The molecule has 0 aliphatic carbocycles. The zero-order valence-corrected chi connectivity index (χ0v) is 14.9. The molecule has 0 spiro atoms. The first-order valence-corrected chi connectivity index (χ1v) is 8.50. The largest absolute Gasteiger partial charge is 0.462 e. The molecule has 2 rings (SSSR count). The van der Waals surface area contributed by atoms with Gasteiger partial charge in [-0.2, -0.15) is 0 Å². The third-order valence-corrected chi connectivity index (χ3v) is 4.03. The normalized spacial score (nSPS) is 16.2. The zero-order valence-electron chi connectivity index (χ0n) is 14.1. The van der Waals surface area contributed by atoms with Crippen LogP contribution in [0.25, 0.3) is 0 Å². The molecule has 24 heavy (non-hydrogen) atoms. The lowest BCUT2D eigenvalue weighted by Gasteiger charge is -2.33. The van der Waals surface area contributed by atoms with E-state index >= 15 is 0 Å². The number of para-hydroxylation sites is 1. The Hall–Kier alpha value is -1.63. The number of amides is 1. The van der Waals surface area contributed by atoms with E-state index in [1.807, 2.05) is 30.9 Å². The molecule has 1 heterocycles. The maximum Gasteiger partial charge on any atom is 0.320 e. The van der Waals surface area contributed by atoms with Gasteiger partial charge in [-0.15, -0.1) is 0 Å². The lowest BCUT2D eigenvalue weighted by molar-refractivity contribution is -0.149. The molecule has 1 aromatic carbocycles. The second-order valence-corrected chi connectivity index (χ2v) is 6.53. The minimum absolute atomic E-state index is 0.0873. The fourth-order valence-electron chi connectivity index (χ4n) is 2.54. The van der Waals surface area contributed by atoms with Crippen LogP contribution in [-0.4, -0.2) is 67.0 Å². The number of esters is 1. The number of rotatable bonds is 6. The van der Waals surface area contributed by atoms with Gasteiger partial charge >= 0.3 is 5.97 Å². The SMILES string of the molecule is CC(C)OC(=O)CN1CCN(CC(=O)Nc2ccccc2Cl)CC1. The Kier molecular flexibility index (Phi) is 7.02. The molecular formula is C17H24ClN3O3. The minimum Gasteiger partial charge on any atom is -0.462 e. The number of ether oxygens (including phenoxy) is 1. The lowest BCUT2D eigenvalue weighted by Crippen LogP contribution is -2.50. The smallest absolute Gasteiger partial charge is 0.320 e. The summed E-state index contributed by atoms with van der Waals surface area (Å²) < 4.78 is 5.15. The lowest BCUT2D eigenvalue weighted by atomic mass is 10.3. The number of piperazine rings is 1. The van der Waals surface area contributed by atoms with Gasteiger partial charge in [-0.25, -0.2) is 0 Å². The van der Waals surface area contributed by atoms with Gasteiger partial charge in [-0.1, -0.05) is 23.7 Å². The molecule has 1 aliphatic heterocycles. The summed E-state index contributed by atoms with van der Waals surface area (Å²) in [6, 6.07) is 7.17. The number of nitrogens with zero attached hydrogens (tertiary/aromatic N) is 2. The highest BCUT2D eigenvalue weighted by atomic mass is 35.5. The summed E-state index contributed by atoms with van der Waals surface area (Å²) in [4.78, 5) is 27.9. The van der Waals surface area contributed by atoms with Crippen molar-refractivity contribution >= 4 is 29.2 Å². The number of anilines is 1. The molecule has 1 aliphatic rings. The Bertz CT molecular complexity index is 572. The van der Waals surface area contributed by atoms with Gasteiger partial charge in [0.25, 0.3) is 0 Å². The van der Waals surface area contributed by atoms with Crippen LogP contribution in [-0.2, 0) is 14.3 Å². The molecule has 0 saturated carbocycles. The topological polar surface area (TPSA) is 61.9 Å². The monoisotopic (exact) mass is 353 g/mol. The number of hydrogen-bond acceptors (Lipinski definition) is 5. The van der Waals surface area contributed by atoms with Crippen molar-refractivity contribution in [2.45, 2.75) is 20.0 Å². The van der Waals surface area contributed by atoms with Crippen molar-refractivity contribution in [1.29, 1.82) is 0 Å². The average Bonchev–Trinajstić information content (AvgIpc) is 2.51. The maximum atomic E-state index is 12.1. The quantitative estimate of drug-likeness (QED) is 0.791. The fraction of sp³-hybridized carbons (Fsp3) is 0.529. The first kappa shape index (κ1) is 18.7.